The summed E-state index contributed by atoms with van der Waals surface area (Å²) in [5, 5.41) is 3.09. The van der Waals surface area contributed by atoms with Crippen LogP contribution in [-0.2, 0) is 16.6 Å². The Kier molecular flexibility index (Phi) is 4.70. The van der Waals surface area contributed by atoms with E-state index in [1.165, 1.54) is 18.6 Å². The molecule has 0 radical (unpaired) electrons. The Hall–Kier alpha value is -1.93. The molecular weight excluding hydrogens is 278 g/mol. The molecule has 2 aromatic heterocycles. The molecule has 0 fully saturated rings. The van der Waals surface area contributed by atoms with Crippen LogP contribution in [0.1, 0.15) is 19.0 Å². The van der Waals surface area contributed by atoms with E-state index in [2.05, 4.69) is 25.0 Å². The molecule has 0 aliphatic heterocycles. The molecule has 0 unspecified atom stereocenters. The summed E-state index contributed by atoms with van der Waals surface area (Å²) in [7, 11) is -3.56. The summed E-state index contributed by atoms with van der Waals surface area (Å²) in [4.78, 5) is 10.9. The SMILES string of the molecule is CCCNc1ccc(S(=O)(=O)NCc2cnc[nH]2)cn1. The van der Waals surface area contributed by atoms with Crippen LogP contribution in [-0.4, -0.2) is 29.9 Å². The van der Waals surface area contributed by atoms with E-state index in [1.54, 1.807) is 12.3 Å². The number of anilines is 1. The number of nitrogens with one attached hydrogen (secondary N) is 3. The maximum absolute atomic E-state index is 12.0. The normalized spacial score (nSPS) is 11.4. The van der Waals surface area contributed by atoms with Crippen molar-refractivity contribution in [2.24, 2.45) is 0 Å². The lowest BCUT2D eigenvalue weighted by Crippen LogP contribution is -2.23. The number of aromatic nitrogens is 3. The van der Waals surface area contributed by atoms with Gasteiger partial charge in [-0.25, -0.2) is 23.1 Å². The second-order valence-corrected chi connectivity index (χ2v) is 5.97. The molecule has 2 aromatic rings. The first-order valence-electron chi connectivity index (χ1n) is 6.28. The van der Waals surface area contributed by atoms with E-state index >= 15 is 0 Å². The maximum Gasteiger partial charge on any atom is 0.242 e. The van der Waals surface area contributed by atoms with E-state index in [4.69, 9.17) is 0 Å². The van der Waals surface area contributed by atoms with Crippen molar-refractivity contribution in [2.45, 2.75) is 24.8 Å². The number of H-pyrrole nitrogens is 1. The van der Waals surface area contributed by atoms with Crippen LogP contribution in [0.15, 0.2) is 35.7 Å². The van der Waals surface area contributed by atoms with Gasteiger partial charge >= 0.3 is 0 Å². The Morgan fingerprint density at radius 2 is 2.15 bits per heavy atom. The fourth-order valence-electron chi connectivity index (χ4n) is 1.53. The molecule has 2 heterocycles. The number of aromatic amines is 1. The number of sulfonamides is 1. The van der Waals surface area contributed by atoms with Gasteiger partial charge in [0, 0.05) is 24.6 Å². The van der Waals surface area contributed by atoms with Gasteiger partial charge in [-0.15, -0.1) is 0 Å². The lowest BCUT2D eigenvalue weighted by atomic mass is 10.4. The Bertz CT molecular complexity index is 622. The second kappa shape index (κ2) is 6.49. The van der Waals surface area contributed by atoms with Crippen LogP contribution in [0, 0.1) is 0 Å². The van der Waals surface area contributed by atoms with E-state index in [9.17, 15) is 8.42 Å². The van der Waals surface area contributed by atoms with Gasteiger partial charge < -0.3 is 10.3 Å². The monoisotopic (exact) mass is 295 g/mol. The Labute approximate surface area is 117 Å². The van der Waals surface area contributed by atoms with Crippen molar-refractivity contribution in [2.75, 3.05) is 11.9 Å². The molecule has 0 saturated carbocycles. The maximum atomic E-state index is 12.0. The molecule has 0 aliphatic carbocycles. The van der Waals surface area contributed by atoms with E-state index in [1.807, 2.05) is 6.92 Å². The van der Waals surface area contributed by atoms with Crippen LogP contribution in [0.3, 0.4) is 0 Å². The van der Waals surface area contributed by atoms with Gasteiger partial charge in [-0.05, 0) is 18.6 Å². The van der Waals surface area contributed by atoms with Gasteiger partial charge in [0.2, 0.25) is 10.0 Å². The molecule has 7 nitrogen and oxygen atoms in total. The summed E-state index contributed by atoms with van der Waals surface area (Å²) < 4.78 is 26.6. The van der Waals surface area contributed by atoms with E-state index in [-0.39, 0.29) is 11.4 Å². The molecule has 0 amide bonds. The predicted octanol–water partition coefficient (Wildman–Crippen LogP) is 1.11. The van der Waals surface area contributed by atoms with Crippen LogP contribution >= 0.6 is 0 Å². The Morgan fingerprint density at radius 3 is 2.75 bits per heavy atom. The highest BCUT2D eigenvalue weighted by Crippen LogP contribution is 2.11. The number of hydrogen-bond acceptors (Lipinski definition) is 5. The highest BCUT2D eigenvalue weighted by atomic mass is 32.2. The van der Waals surface area contributed by atoms with E-state index < -0.39 is 10.0 Å². The molecule has 0 atom stereocenters. The van der Waals surface area contributed by atoms with Crippen LogP contribution in [0.5, 0.6) is 0 Å². The summed E-state index contributed by atoms with van der Waals surface area (Å²) in [5.41, 5.74) is 0.697. The molecule has 0 bridgehead atoms. The number of rotatable bonds is 7. The van der Waals surface area contributed by atoms with Gasteiger partial charge in [-0.2, -0.15) is 0 Å². The minimum absolute atomic E-state index is 0.138. The molecular formula is C12H17N5O2S. The van der Waals surface area contributed by atoms with Gasteiger partial charge in [-0.1, -0.05) is 6.92 Å². The van der Waals surface area contributed by atoms with Crippen molar-refractivity contribution in [1.29, 1.82) is 0 Å². The lowest BCUT2D eigenvalue weighted by molar-refractivity contribution is 0.580. The first kappa shape index (κ1) is 14.5. The molecule has 0 aliphatic rings. The second-order valence-electron chi connectivity index (χ2n) is 4.21. The summed E-state index contributed by atoms with van der Waals surface area (Å²) in [5.74, 6) is 0.666. The molecule has 0 aromatic carbocycles. The smallest absolute Gasteiger partial charge is 0.242 e. The van der Waals surface area contributed by atoms with Gasteiger partial charge in [0.05, 0.1) is 12.9 Å². The van der Waals surface area contributed by atoms with Crippen LogP contribution < -0.4 is 10.0 Å². The van der Waals surface area contributed by atoms with Gasteiger partial charge in [-0.3, -0.25) is 0 Å². The number of hydrogen-bond donors (Lipinski definition) is 3. The third-order valence-electron chi connectivity index (χ3n) is 2.61. The third-order valence-corrected chi connectivity index (χ3v) is 4.00. The summed E-state index contributed by atoms with van der Waals surface area (Å²) in [6.07, 6.45) is 5.39. The van der Waals surface area contributed by atoms with Gasteiger partial charge in [0.1, 0.15) is 10.7 Å². The zero-order valence-corrected chi connectivity index (χ0v) is 11.9. The minimum Gasteiger partial charge on any atom is -0.370 e. The zero-order chi connectivity index (χ0) is 14.4. The van der Waals surface area contributed by atoms with E-state index in [0.717, 1.165) is 13.0 Å². The van der Waals surface area contributed by atoms with Gasteiger partial charge in [0.15, 0.2) is 0 Å². The molecule has 20 heavy (non-hydrogen) atoms. The van der Waals surface area contributed by atoms with Crippen molar-refractivity contribution < 1.29 is 8.42 Å². The molecule has 108 valence electrons. The molecule has 0 saturated heterocycles. The minimum atomic E-state index is -3.56. The molecule has 0 spiro atoms. The highest BCUT2D eigenvalue weighted by Gasteiger charge is 2.14. The predicted molar refractivity (Wildman–Crippen MR) is 75.6 cm³/mol. The molecule has 3 N–H and O–H groups in total. The fourth-order valence-corrected chi connectivity index (χ4v) is 2.49. The van der Waals surface area contributed by atoms with Crippen LogP contribution in [0.2, 0.25) is 0 Å². The topological polar surface area (TPSA) is 99.8 Å². The average molecular weight is 295 g/mol. The largest absolute Gasteiger partial charge is 0.370 e. The highest BCUT2D eigenvalue weighted by molar-refractivity contribution is 7.89. The van der Waals surface area contributed by atoms with Crippen LogP contribution in [0.4, 0.5) is 5.82 Å². The first-order chi connectivity index (χ1) is 9.62. The average Bonchev–Trinajstić information content (AvgIpc) is 2.97. The van der Waals surface area contributed by atoms with Crippen molar-refractivity contribution in [3.8, 4) is 0 Å². The van der Waals surface area contributed by atoms with Crippen molar-refractivity contribution in [1.82, 2.24) is 19.7 Å². The van der Waals surface area contributed by atoms with Crippen molar-refractivity contribution in [3.63, 3.8) is 0 Å². The standard InChI is InChI=1S/C12H17N5O2S/c1-2-5-14-12-4-3-11(8-15-12)20(18,19)17-7-10-6-13-9-16-10/h3-4,6,8-9,17H,2,5,7H2,1H3,(H,13,16)(H,14,15). The van der Waals surface area contributed by atoms with Crippen molar-refractivity contribution >= 4 is 15.8 Å². The number of pyridine rings is 1. The lowest BCUT2D eigenvalue weighted by Gasteiger charge is -2.07. The summed E-state index contributed by atoms with van der Waals surface area (Å²) in [6, 6.07) is 3.18. The van der Waals surface area contributed by atoms with Gasteiger partial charge in [0.25, 0.3) is 0 Å². The van der Waals surface area contributed by atoms with Crippen molar-refractivity contribution in [3.05, 3.63) is 36.5 Å². The summed E-state index contributed by atoms with van der Waals surface area (Å²) >= 11 is 0. The Morgan fingerprint density at radius 1 is 1.30 bits per heavy atom. The Balaban J connectivity index is 2.01. The quantitative estimate of drug-likeness (QED) is 0.710. The molecule has 8 heteroatoms. The number of nitrogens with zero attached hydrogens (tertiary/aromatic N) is 2. The summed E-state index contributed by atoms with van der Waals surface area (Å²) in [6.45, 7) is 3.01. The fraction of sp³-hybridized carbons (Fsp3) is 0.333. The zero-order valence-electron chi connectivity index (χ0n) is 11.1. The van der Waals surface area contributed by atoms with Crippen LogP contribution in [0.25, 0.3) is 0 Å². The molecule has 2 rings (SSSR count). The van der Waals surface area contributed by atoms with E-state index in [0.29, 0.717) is 11.5 Å². The first-order valence-corrected chi connectivity index (χ1v) is 7.77. The third kappa shape index (κ3) is 3.78. The number of imidazole rings is 1.